The van der Waals surface area contributed by atoms with Crippen molar-refractivity contribution in [3.63, 3.8) is 0 Å². The topological polar surface area (TPSA) is 69.6 Å². The molecular weight excluding hydrogens is 134 g/mol. The van der Waals surface area contributed by atoms with Crippen LogP contribution >= 0.6 is 0 Å². The lowest BCUT2D eigenvalue weighted by atomic mass is 10.3. The Morgan fingerprint density at radius 1 is 1.60 bits per heavy atom. The molecule has 0 atom stereocenters. The summed E-state index contributed by atoms with van der Waals surface area (Å²) >= 11 is 0. The Hall–Kier alpha value is -0.610. The Morgan fingerprint density at radius 2 is 2.20 bits per heavy atom. The van der Waals surface area contributed by atoms with Crippen molar-refractivity contribution < 1.29 is 15.0 Å². The molecule has 4 heteroatoms. The van der Waals surface area contributed by atoms with Crippen LogP contribution < -0.4 is 5.32 Å². The zero-order valence-corrected chi connectivity index (χ0v) is 6.00. The summed E-state index contributed by atoms with van der Waals surface area (Å²) < 4.78 is 0. The van der Waals surface area contributed by atoms with Crippen LogP contribution in [0.2, 0.25) is 0 Å². The first-order valence-electron chi connectivity index (χ1n) is 3.29. The van der Waals surface area contributed by atoms with Crippen molar-refractivity contribution in [2.45, 2.75) is 26.1 Å². The number of aliphatic hydroxyl groups excluding tert-OH is 1. The Morgan fingerprint density at radius 3 is 2.60 bits per heavy atom. The fraction of sp³-hybridized carbons (Fsp3) is 0.833. The standard InChI is InChI=1S/C6H13NO3/c1-2-3-5(8)7-4-6(9)10/h6,9-10H,2-4H2,1H3,(H,7,8). The fourth-order valence-corrected chi connectivity index (χ4v) is 0.521. The largest absolute Gasteiger partial charge is 0.367 e. The van der Waals surface area contributed by atoms with Crippen molar-refractivity contribution in [1.82, 2.24) is 5.32 Å². The molecule has 0 aliphatic heterocycles. The van der Waals surface area contributed by atoms with Crippen LogP contribution in [0.25, 0.3) is 0 Å². The first-order valence-corrected chi connectivity index (χ1v) is 3.29. The van der Waals surface area contributed by atoms with Gasteiger partial charge in [-0.3, -0.25) is 4.79 Å². The van der Waals surface area contributed by atoms with E-state index in [0.29, 0.717) is 6.42 Å². The molecule has 0 aliphatic carbocycles. The highest BCUT2D eigenvalue weighted by molar-refractivity contribution is 5.75. The van der Waals surface area contributed by atoms with E-state index in [1.54, 1.807) is 0 Å². The van der Waals surface area contributed by atoms with E-state index >= 15 is 0 Å². The predicted molar refractivity (Wildman–Crippen MR) is 36.1 cm³/mol. The maximum Gasteiger partial charge on any atom is 0.220 e. The molecule has 10 heavy (non-hydrogen) atoms. The molecule has 3 N–H and O–H groups in total. The molecule has 0 aromatic carbocycles. The number of nitrogens with one attached hydrogen (secondary N) is 1. The van der Waals surface area contributed by atoms with Crippen molar-refractivity contribution in [2.24, 2.45) is 0 Å². The maximum absolute atomic E-state index is 10.6. The Labute approximate surface area is 59.9 Å². The van der Waals surface area contributed by atoms with E-state index in [4.69, 9.17) is 10.2 Å². The minimum absolute atomic E-state index is 0.0845. The van der Waals surface area contributed by atoms with Crippen molar-refractivity contribution in [2.75, 3.05) is 6.54 Å². The number of amides is 1. The fourth-order valence-electron chi connectivity index (χ4n) is 0.521. The molecule has 0 heterocycles. The normalized spacial score (nSPS) is 10.0. The second kappa shape index (κ2) is 5.20. The molecule has 0 radical (unpaired) electrons. The van der Waals surface area contributed by atoms with Gasteiger partial charge in [0.15, 0.2) is 6.29 Å². The summed E-state index contributed by atoms with van der Waals surface area (Å²) in [5, 5.41) is 19.0. The van der Waals surface area contributed by atoms with Gasteiger partial charge < -0.3 is 15.5 Å². The number of rotatable bonds is 4. The summed E-state index contributed by atoms with van der Waals surface area (Å²) in [7, 11) is 0. The van der Waals surface area contributed by atoms with Crippen molar-refractivity contribution in [1.29, 1.82) is 0 Å². The molecule has 0 saturated carbocycles. The molecule has 0 fully saturated rings. The quantitative estimate of drug-likeness (QED) is 0.456. The molecule has 0 saturated heterocycles. The second-order valence-electron chi connectivity index (χ2n) is 2.03. The molecular formula is C6H13NO3. The summed E-state index contributed by atoms with van der Waals surface area (Å²) in [6, 6.07) is 0. The van der Waals surface area contributed by atoms with E-state index in [1.165, 1.54) is 0 Å². The van der Waals surface area contributed by atoms with E-state index in [9.17, 15) is 4.79 Å². The zero-order valence-electron chi connectivity index (χ0n) is 6.00. The van der Waals surface area contributed by atoms with Gasteiger partial charge in [0.1, 0.15) is 0 Å². The van der Waals surface area contributed by atoms with Gasteiger partial charge in [0.2, 0.25) is 5.91 Å². The van der Waals surface area contributed by atoms with Gasteiger partial charge in [0, 0.05) is 6.42 Å². The average Bonchev–Trinajstić information content (AvgIpc) is 1.85. The van der Waals surface area contributed by atoms with E-state index in [-0.39, 0.29) is 12.5 Å². The van der Waals surface area contributed by atoms with Gasteiger partial charge in [-0.15, -0.1) is 0 Å². The molecule has 0 unspecified atom stereocenters. The number of aliphatic hydroxyl groups is 2. The third-order valence-electron chi connectivity index (χ3n) is 0.959. The van der Waals surface area contributed by atoms with E-state index in [0.717, 1.165) is 6.42 Å². The molecule has 0 bridgehead atoms. The van der Waals surface area contributed by atoms with Crippen molar-refractivity contribution in [3.05, 3.63) is 0 Å². The number of carbonyl (C=O) groups excluding carboxylic acids is 1. The summed E-state index contributed by atoms with van der Waals surface area (Å²) in [6.45, 7) is 1.80. The van der Waals surface area contributed by atoms with Crippen LogP contribution in [0.1, 0.15) is 19.8 Å². The second-order valence-corrected chi connectivity index (χ2v) is 2.03. The lowest BCUT2D eigenvalue weighted by molar-refractivity contribution is -0.123. The molecule has 0 spiro atoms. The van der Waals surface area contributed by atoms with Gasteiger partial charge in [-0.2, -0.15) is 0 Å². The van der Waals surface area contributed by atoms with Crippen LogP contribution in [0, 0.1) is 0 Å². The van der Waals surface area contributed by atoms with Crippen LogP contribution in [-0.2, 0) is 4.79 Å². The first-order chi connectivity index (χ1) is 4.66. The maximum atomic E-state index is 10.6. The SMILES string of the molecule is CCCC(=O)NCC(O)O. The number of carbonyl (C=O) groups is 1. The average molecular weight is 147 g/mol. The van der Waals surface area contributed by atoms with Crippen LogP contribution in [0.15, 0.2) is 0 Å². The molecule has 4 nitrogen and oxygen atoms in total. The van der Waals surface area contributed by atoms with E-state index < -0.39 is 6.29 Å². The van der Waals surface area contributed by atoms with Crippen LogP contribution in [0.3, 0.4) is 0 Å². The lowest BCUT2D eigenvalue weighted by Crippen LogP contribution is -2.31. The van der Waals surface area contributed by atoms with Crippen LogP contribution in [0.4, 0.5) is 0 Å². The Bertz CT molecular complexity index is 103. The Kier molecular flexibility index (Phi) is 4.88. The van der Waals surface area contributed by atoms with E-state index in [2.05, 4.69) is 5.32 Å². The monoisotopic (exact) mass is 147 g/mol. The first kappa shape index (κ1) is 9.39. The van der Waals surface area contributed by atoms with Gasteiger partial charge >= 0.3 is 0 Å². The minimum Gasteiger partial charge on any atom is -0.367 e. The van der Waals surface area contributed by atoms with Gasteiger partial charge in [0.05, 0.1) is 6.54 Å². The highest BCUT2D eigenvalue weighted by atomic mass is 16.5. The summed E-state index contributed by atoms with van der Waals surface area (Å²) in [5.74, 6) is -0.143. The third-order valence-corrected chi connectivity index (χ3v) is 0.959. The molecule has 0 aromatic heterocycles. The van der Waals surface area contributed by atoms with Crippen molar-refractivity contribution >= 4 is 5.91 Å². The summed E-state index contributed by atoms with van der Waals surface area (Å²) in [5.41, 5.74) is 0. The zero-order chi connectivity index (χ0) is 7.98. The van der Waals surface area contributed by atoms with E-state index in [1.807, 2.05) is 6.92 Å². The molecule has 0 rings (SSSR count). The highest BCUT2D eigenvalue weighted by Gasteiger charge is 2.00. The Balaban J connectivity index is 3.22. The van der Waals surface area contributed by atoms with Crippen LogP contribution in [0.5, 0.6) is 0 Å². The molecule has 0 aliphatic rings. The highest BCUT2D eigenvalue weighted by Crippen LogP contribution is 1.84. The summed E-state index contributed by atoms with van der Waals surface area (Å²) in [6.07, 6.45) is -0.235. The van der Waals surface area contributed by atoms with Gasteiger partial charge in [-0.1, -0.05) is 6.92 Å². The van der Waals surface area contributed by atoms with Gasteiger partial charge in [-0.25, -0.2) is 0 Å². The van der Waals surface area contributed by atoms with Gasteiger partial charge in [-0.05, 0) is 6.42 Å². The van der Waals surface area contributed by atoms with Gasteiger partial charge in [0.25, 0.3) is 0 Å². The van der Waals surface area contributed by atoms with Crippen molar-refractivity contribution in [3.8, 4) is 0 Å². The number of hydrogen-bond acceptors (Lipinski definition) is 3. The predicted octanol–water partition coefficient (Wildman–Crippen LogP) is -0.787. The summed E-state index contributed by atoms with van der Waals surface area (Å²) in [4.78, 5) is 10.6. The molecule has 60 valence electrons. The number of hydrogen-bond donors (Lipinski definition) is 3. The van der Waals surface area contributed by atoms with Crippen LogP contribution in [-0.4, -0.2) is 29.0 Å². The smallest absolute Gasteiger partial charge is 0.220 e. The molecule has 1 amide bonds. The third kappa shape index (κ3) is 5.53. The minimum atomic E-state index is -1.44. The molecule has 0 aromatic rings. The lowest BCUT2D eigenvalue weighted by Gasteiger charge is -2.04.